The number of benzene rings is 2. The number of anilines is 1. The van der Waals surface area contributed by atoms with Gasteiger partial charge < -0.3 is 15.2 Å². The molecule has 2 heterocycles. The molecule has 1 aromatic heterocycles. The molecule has 2 N–H and O–H groups in total. The Labute approximate surface area is 203 Å². The van der Waals surface area contributed by atoms with E-state index in [-0.39, 0.29) is 28.5 Å². The third kappa shape index (κ3) is 4.37. The number of nitrogens with one attached hydrogen (secondary N) is 1. The zero-order valence-corrected chi connectivity index (χ0v) is 19.4. The van der Waals surface area contributed by atoms with Crippen LogP contribution < -0.4 is 15.1 Å². The van der Waals surface area contributed by atoms with Crippen molar-refractivity contribution < 1.29 is 23.4 Å². The summed E-state index contributed by atoms with van der Waals surface area (Å²) in [5, 5.41) is 17.1. The van der Waals surface area contributed by atoms with Crippen LogP contribution in [0.3, 0.4) is 0 Å². The number of ether oxygens (including phenoxy) is 1. The number of methoxy groups -OCH3 is 1. The second kappa shape index (κ2) is 9.46. The number of halogens is 4. The van der Waals surface area contributed by atoms with Crippen molar-refractivity contribution in [2.24, 2.45) is 0 Å². The summed E-state index contributed by atoms with van der Waals surface area (Å²) in [5.74, 6) is -2.31. The minimum Gasteiger partial charge on any atom is -0.497 e. The van der Waals surface area contributed by atoms with Crippen LogP contribution in [0.15, 0.2) is 60.4 Å². The highest BCUT2D eigenvalue weighted by Gasteiger charge is 2.40. The van der Waals surface area contributed by atoms with Gasteiger partial charge in [-0.2, -0.15) is 0 Å². The third-order valence-electron chi connectivity index (χ3n) is 5.18. The summed E-state index contributed by atoms with van der Waals surface area (Å²) in [6.45, 7) is 0. The number of carbonyl (C=O) groups is 1. The average Bonchev–Trinajstić information content (AvgIpc) is 3.04. The molecule has 0 spiro atoms. The molecular formula is C23H18Cl2F2N4O3. The van der Waals surface area contributed by atoms with Crippen LogP contribution in [-0.4, -0.2) is 41.4 Å². The van der Waals surface area contributed by atoms with Crippen LogP contribution in [0.2, 0.25) is 10.0 Å². The van der Waals surface area contributed by atoms with Crippen LogP contribution in [0.5, 0.6) is 5.75 Å². The van der Waals surface area contributed by atoms with E-state index in [1.807, 2.05) is 0 Å². The zero-order chi connectivity index (χ0) is 24.6. The molecule has 0 saturated heterocycles. The SMILES string of the molecule is COc1cc(F)c(C2=C(NC(=O)c3ccc(Cl)cc3)C(O)N(c3ccc(Cl)cn3)N2C)c(F)c1. The van der Waals surface area contributed by atoms with Gasteiger partial charge in [0.1, 0.15) is 23.2 Å². The Hall–Kier alpha value is -3.40. The van der Waals surface area contributed by atoms with Gasteiger partial charge in [-0.1, -0.05) is 23.2 Å². The van der Waals surface area contributed by atoms with E-state index in [9.17, 15) is 9.90 Å². The third-order valence-corrected chi connectivity index (χ3v) is 5.66. The number of hydrogen-bond donors (Lipinski definition) is 2. The van der Waals surface area contributed by atoms with Crippen molar-refractivity contribution in [2.75, 3.05) is 19.2 Å². The molecule has 2 aromatic carbocycles. The molecule has 1 unspecified atom stereocenters. The van der Waals surface area contributed by atoms with Gasteiger partial charge >= 0.3 is 0 Å². The number of hydrazine groups is 1. The van der Waals surface area contributed by atoms with Crippen molar-refractivity contribution in [3.8, 4) is 5.75 Å². The molecular weight excluding hydrogens is 489 g/mol. The van der Waals surface area contributed by atoms with Gasteiger partial charge in [-0.05, 0) is 36.4 Å². The van der Waals surface area contributed by atoms with Gasteiger partial charge in [-0.3, -0.25) is 9.80 Å². The zero-order valence-electron chi connectivity index (χ0n) is 17.9. The first-order valence-electron chi connectivity index (χ1n) is 9.88. The van der Waals surface area contributed by atoms with E-state index in [0.29, 0.717) is 10.0 Å². The minimum absolute atomic E-state index is 0.0245. The Morgan fingerprint density at radius 3 is 2.26 bits per heavy atom. The summed E-state index contributed by atoms with van der Waals surface area (Å²) in [6.07, 6.45) is -0.179. The van der Waals surface area contributed by atoms with Crippen LogP contribution in [-0.2, 0) is 0 Å². The van der Waals surface area contributed by atoms with E-state index in [4.69, 9.17) is 27.9 Å². The van der Waals surface area contributed by atoms with Gasteiger partial charge in [0.25, 0.3) is 5.91 Å². The predicted octanol–water partition coefficient (Wildman–Crippen LogP) is 4.46. The van der Waals surface area contributed by atoms with Gasteiger partial charge in [0, 0.05) is 36.0 Å². The van der Waals surface area contributed by atoms with Crippen LogP contribution >= 0.6 is 23.2 Å². The summed E-state index contributed by atoms with van der Waals surface area (Å²) in [6, 6.07) is 11.1. The predicted molar refractivity (Wildman–Crippen MR) is 124 cm³/mol. The van der Waals surface area contributed by atoms with E-state index in [2.05, 4.69) is 10.3 Å². The lowest BCUT2D eigenvalue weighted by molar-refractivity contribution is 0.0946. The molecule has 3 aromatic rings. The van der Waals surface area contributed by atoms with Crippen molar-refractivity contribution in [1.82, 2.24) is 15.3 Å². The molecule has 34 heavy (non-hydrogen) atoms. The first kappa shape index (κ1) is 23.7. The number of aliphatic hydroxyl groups excluding tert-OH is 1. The molecule has 11 heteroatoms. The quantitative estimate of drug-likeness (QED) is 0.531. The lowest BCUT2D eigenvalue weighted by Crippen LogP contribution is -2.43. The molecule has 1 aliphatic heterocycles. The van der Waals surface area contributed by atoms with Gasteiger partial charge in [0.05, 0.1) is 29.1 Å². The highest BCUT2D eigenvalue weighted by molar-refractivity contribution is 6.30. The number of hydrogen-bond acceptors (Lipinski definition) is 6. The standard InChI is InChI=1S/C23H18Cl2F2N4O3/c1-30-21(19-16(26)9-15(34-2)10-17(19)27)20(29-22(32)12-3-5-13(24)6-4-12)23(33)31(30)18-8-7-14(25)11-28-18/h3-11,23,33H,1-2H3,(H,29,32). The topological polar surface area (TPSA) is 77.9 Å². The Morgan fingerprint density at radius 2 is 1.71 bits per heavy atom. The first-order chi connectivity index (χ1) is 16.2. The molecule has 0 bridgehead atoms. The maximum Gasteiger partial charge on any atom is 0.255 e. The molecule has 0 aliphatic carbocycles. The van der Waals surface area contributed by atoms with E-state index in [0.717, 1.165) is 12.1 Å². The van der Waals surface area contributed by atoms with Gasteiger partial charge in [0.2, 0.25) is 0 Å². The number of amides is 1. The normalized spacial score (nSPS) is 15.7. The maximum absolute atomic E-state index is 15.1. The van der Waals surface area contributed by atoms with Crippen LogP contribution in [0, 0.1) is 11.6 Å². The van der Waals surface area contributed by atoms with Crippen LogP contribution in [0.25, 0.3) is 5.70 Å². The van der Waals surface area contributed by atoms with Gasteiger partial charge in [-0.15, -0.1) is 0 Å². The largest absolute Gasteiger partial charge is 0.497 e. The molecule has 176 valence electrons. The molecule has 0 fully saturated rings. The van der Waals surface area contributed by atoms with E-state index in [1.54, 1.807) is 6.07 Å². The maximum atomic E-state index is 15.1. The smallest absolute Gasteiger partial charge is 0.255 e. The highest BCUT2D eigenvalue weighted by Crippen LogP contribution is 2.38. The summed E-state index contributed by atoms with van der Waals surface area (Å²) in [4.78, 5) is 17.1. The average molecular weight is 507 g/mol. The van der Waals surface area contributed by atoms with Crippen molar-refractivity contribution in [2.45, 2.75) is 6.23 Å². The summed E-state index contributed by atoms with van der Waals surface area (Å²) in [5.41, 5.74) is -0.499. The minimum atomic E-state index is -1.54. The fourth-order valence-electron chi connectivity index (χ4n) is 3.58. The Morgan fingerprint density at radius 1 is 1.09 bits per heavy atom. The summed E-state index contributed by atoms with van der Waals surface area (Å²) >= 11 is 11.8. The Bertz CT molecular complexity index is 1250. The summed E-state index contributed by atoms with van der Waals surface area (Å²) in [7, 11) is 2.75. The van der Waals surface area contributed by atoms with Crippen LogP contribution in [0.1, 0.15) is 15.9 Å². The lowest BCUT2D eigenvalue weighted by Gasteiger charge is -2.31. The van der Waals surface area contributed by atoms with Crippen molar-refractivity contribution >= 4 is 40.6 Å². The second-order valence-electron chi connectivity index (χ2n) is 7.27. The van der Waals surface area contributed by atoms with Gasteiger partial charge in [-0.25, -0.2) is 18.8 Å². The van der Waals surface area contributed by atoms with Crippen molar-refractivity contribution in [3.63, 3.8) is 0 Å². The molecule has 1 atom stereocenters. The monoisotopic (exact) mass is 506 g/mol. The van der Waals surface area contributed by atoms with E-state index < -0.39 is 29.3 Å². The second-order valence-corrected chi connectivity index (χ2v) is 8.14. The number of aliphatic hydroxyl groups is 1. The number of carbonyl (C=O) groups excluding carboxylic acids is 1. The molecule has 1 amide bonds. The molecule has 0 radical (unpaired) electrons. The highest BCUT2D eigenvalue weighted by atomic mass is 35.5. The molecule has 0 saturated carbocycles. The number of pyridine rings is 1. The molecule has 7 nitrogen and oxygen atoms in total. The molecule has 4 rings (SSSR count). The Balaban J connectivity index is 1.83. The van der Waals surface area contributed by atoms with Gasteiger partial charge in [0.15, 0.2) is 6.23 Å². The number of rotatable bonds is 5. The van der Waals surface area contributed by atoms with E-state index in [1.165, 1.54) is 60.7 Å². The number of nitrogens with zero attached hydrogens (tertiary/aromatic N) is 3. The van der Waals surface area contributed by atoms with E-state index >= 15 is 8.78 Å². The number of aromatic nitrogens is 1. The lowest BCUT2D eigenvalue weighted by atomic mass is 10.1. The van der Waals surface area contributed by atoms with Crippen LogP contribution in [0.4, 0.5) is 14.6 Å². The van der Waals surface area contributed by atoms with Crippen molar-refractivity contribution in [3.05, 3.63) is 93.2 Å². The fraction of sp³-hybridized carbons (Fsp3) is 0.130. The Kier molecular flexibility index (Phi) is 6.60. The molecule has 1 aliphatic rings. The fourth-order valence-corrected chi connectivity index (χ4v) is 3.82. The van der Waals surface area contributed by atoms with Crippen molar-refractivity contribution in [1.29, 1.82) is 0 Å². The first-order valence-corrected chi connectivity index (χ1v) is 10.6. The summed E-state index contributed by atoms with van der Waals surface area (Å²) < 4.78 is 35.1.